The molecule has 0 saturated heterocycles. The summed E-state index contributed by atoms with van der Waals surface area (Å²) < 4.78 is 20.2. The molecule has 0 spiro atoms. The van der Waals surface area contributed by atoms with Gasteiger partial charge in [-0.25, -0.2) is 4.39 Å². The van der Waals surface area contributed by atoms with E-state index in [4.69, 9.17) is 16.3 Å². The van der Waals surface area contributed by atoms with Gasteiger partial charge in [0.1, 0.15) is 10.8 Å². The van der Waals surface area contributed by atoms with Gasteiger partial charge in [0.05, 0.1) is 6.61 Å². The number of hydrogen-bond donors (Lipinski definition) is 0. The highest BCUT2D eigenvalue weighted by atomic mass is 35.5. The van der Waals surface area contributed by atoms with E-state index in [0.717, 1.165) is 43.6 Å². The molecule has 0 heterocycles. The average Bonchev–Trinajstić information content (AvgIpc) is 2.60. The average molecular weight is 353 g/mol. The molecule has 2 rings (SSSR count). The summed E-state index contributed by atoms with van der Waals surface area (Å²) in [4.78, 5) is 0. The van der Waals surface area contributed by atoms with Crippen molar-refractivity contribution in [3.8, 4) is 5.75 Å². The van der Waals surface area contributed by atoms with Crippen LogP contribution in [0, 0.1) is 11.7 Å². The largest absolute Gasteiger partial charge is 0.492 e. The van der Waals surface area contributed by atoms with E-state index in [1.165, 1.54) is 25.7 Å². The number of hydrogen-bond acceptors (Lipinski definition) is 1. The third-order valence-corrected chi connectivity index (χ3v) is 5.24. The van der Waals surface area contributed by atoms with E-state index >= 15 is 0 Å². The van der Waals surface area contributed by atoms with Crippen molar-refractivity contribution in [1.29, 1.82) is 0 Å². The molecule has 0 aliphatic heterocycles. The van der Waals surface area contributed by atoms with Crippen molar-refractivity contribution in [3.63, 3.8) is 0 Å². The number of rotatable bonds is 9. The lowest BCUT2D eigenvalue weighted by Crippen LogP contribution is -2.07. The molecule has 1 aliphatic carbocycles. The van der Waals surface area contributed by atoms with Crippen LogP contribution in [0.4, 0.5) is 4.39 Å². The highest BCUT2D eigenvalue weighted by Gasteiger charge is 2.20. The fourth-order valence-corrected chi connectivity index (χ4v) is 3.52. The SMILES string of the molecule is CCCCCC1CC=C(c2ccc(OCCCC)c(Cl)c2F)CC1. The molecule has 0 amide bonds. The van der Waals surface area contributed by atoms with Crippen molar-refractivity contribution in [2.45, 2.75) is 71.6 Å². The topological polar surface area (TPSA) is 9.23 Å². The Balaban J connectivity index is 2.00. The number of ether oxygens (including phenoxy) is 1. The molecule has 1 unspecified atom stereocenters. The van der Waals surface area contributed by atoms with Gasteiger partial charge in [-0.1, -0.05) is 63.6 Å². The first kappa shape index (κ1) is 19.3. The summed E-state index contributed by atoms with van der Waals surface area (Å²) >= 11 is 6.18. The fourth-order valence-electron chi connectivity index (χ4n) is 3.30. The zero-order valence-electron chi connectivity index (χ0n) is 15.0. The minimum atomic E-state index is -0.332. The number of unbranched alkanes of at least 4 members (excludes halogenated alkanes) is 3. The lowest BCUT2D eigenvalue weighted by Gasteiger charge is -2.23. The molecule has 1 nitrogen and oxygen atoms in total. The minimum Gasteiger partial charge on any atom is -0.492 e. The van der Waals surface area contributed by atoms with Crippen molar-refractivity contribution in [2.24, 2.45) is 5.92 Å². The molecule has 0 fully saturated rings. The fraction of sp³-hybridized carbons (Fsp3) is 0.619. The van der Waals surface area contributed by atoms with Crippen LogP contribution >= 0.6 is 11.6 Å². The Morgan fingerprint density at radius 1 is 1.17 bits per heavy atom. The maximum Gasteiger partial charge on any atom is 0.153 e. The molecule has 0 radical (unpaired) electrons. The first-order valence-electron chi connectivity index (χ1n) is 9.47. The van der Waals surface area contributed by atoms with Gasteiger partial charge in [0.25, 0.3) is 0 Å². The Kier molecular flexibility index (Phi) is 8.11. The normalized spacial score (nSPS) is 17.7. The van der Waals surface area contributed by atoms with Crippen molar-refractivity contribution in [1.82, 2.24) is 0 Å². The first-order chi connectivity index (χ1) is 11.7. The summed E-state index contributed by atoms with van der Waals surface area (Å²) in [6.45, 7) is 4.91. The van der Waals surface area contributed by atoms with Crippen LogP contribution in [0.5, 0.6) is 5.75 Å². The van der Waals surface area contributed by atoms with Gasteiger partial charge in [0, 0.05) is 5.56 Å². The molecule has 1 aromatic carbocycles. The Morgan fingerprint density at radius 2 is 1.96 bits per heavy atom. The van der Waals surface area contributed by atoms with E-state index in [0.29, 0.717) is 17.9 Å². The van der Waals surface area contributed by atoms with Crippen LogP contribution in [0.25, 0.3) is 5.57 Å². The monoisotopic (exact) mass is 352 g/mol. The predicted molar refractivity (Wildman–Crippen MR) is 101 cm³/mol. The maximum absolute atomic E-state index is 14.6. The Morgan fingerprint density at radius 3 is 2.62 bits per heavy atom. The second-order valence-corrected chi connectivity index (χ2v) is 7.18. The zero-order valence-corrected chi connectivity index (χ0v) is 15.8. The molecule has 1 atom stereocenters. The summed E-state index contributed by atoms with van der Waals surface area (Å²) in [5.74, 6) is 0.886. The van der Waals surface area contributed by atoms with Crippen molar-refractivity contribution < 1.29 is 9.13 Å². The Hall–Kier alpha value is -1.02. The molecular formula is C21H30ClFO. The zero-order chi connectivity index (χ0) is 17.4. The second kappa shape index (κ2) is 10.1. The van der Waals surface area contributed by atoms with Crippen molar-refractivity contribution in [2.75, 3.05) is 6.61 Å². The van der Waals surface area contributed by atoms with Crippen LogP contribution < -0.4 is 4.74 Å². The highest BCUT2D eigenvalue weighted by Crippen LogP contribution is 2.38. The van der Waals surface area contributed by atoms with Crippen LogP contribution in [0.3, 0.4) is 0 Å². The van der Waals surface area contributed by atoms with Crippen LogP contribution in [0.15, 0.2) is 18.2 Å². The molecule has 0 aromatic heterocycles. The maximum atomic E-state index is 14.6. The van der Waals surface area contributed by atoms with Crippen LogP contribution in [0.1, 0.15) is 77.2 Å². The molecule has 0 saturated carbocycles. The third-order valence-electron chi connectivity index (χ3n) is 4.88. The standard InChI is InChI=1S/C21H30ClFO/c1-3-5-7-8-16-9-11-17(12-10-16)18-13-14-19(20(22)21(18)23)24-15-6-4-2/h11,13-14,16H,3-10,12,15H2,1-2H3. The van der Waals surface area contributed by atoms with Gasteiger partial charge in [0.2, 0.25) is 0 Å². The number of allylic oxidation sites excluding steroid dienone is 2. The van der Waals surface area contributed by atoms with Gasteiger partial charge in [-0.05, 0) is 49.3 Å². The van der Waals surface area contributed by atoms with Crippen LogP contribution in [-0.2, 0) is 0 Å². The first-order valence-corrected chi connectivity index (χ1v) is 9.85. The van der Waals surface area contributed by atoms with E-state index in [1.807, 2.05) is 12.1 Å². The van der Waals surface area contributed by atoms with Crippen molar-refractivity contribution >= 4 is 17.2 Å². The lowest BCUT2D eigenvalue weighted by molar-refractivity contribution is 0.308. The summed E-state index contributed by atoms with van der Waals surface area (Å²) in [5, 5.41) is 0.120. The summed E-state index contributed by atoms with van der Waals surface area (Å²) in [6, 6.07) is 3.64. The molecule has 134 valence electrons. The third kappa shape index (κ3) is 5.24. The number of halogens is 2. The van der Waals surface area contributed by atoms with Crippen LogP contribution in [0.2, 0.25) is 5.02 Å². The molecule has 0 N–H and O–H groups in total. The van der Waals surface area contributed by atoms with Crippen LogP contribution in [-0.4, -0.2) is 6.61 Å². The van der Waals surface area contributed by atoms with E-state index in [9.17, 15) is 4.39 Å². The Bertz CT molecular complexity index is 553. The lowest BCUT2D eigenvalue weighted by atomic mass is 9.84. The minimum absolute atomic E-state index is 0.120. The second-order valence-electron chi connectivity index (χ2n) is 6.81. The van der Waals surface area contributed by atoms with Gasteiger partial charge in [-0.3, -0.25) is 0 Å². The van der Waals surface area contributed by atoms with E-state index < -0.39 is 0 Å². The quantitative estimate of drug-likeness (QED) is 0.420. The van der Waals surface area contributed by atoms with E-state index in [-0.39, 0.29) is 10.8 Å². The summed E-state index contributed by atoms with van der Waals surface area (Å²) in [7, 11) is 0. The Labute approximate surface area is 151 Å². The molecule has 0 bridgehead atoms. The highest BCUT2D eigenvalue weighted by molar-refractivity contribution is 6.32. The van der Waals surface area contributed by atoms with Gasteiger partial charge in [0.15, 0.2) is 5.82 Å². The molecule has 1 aromatic rings. The van der Waals surface area contributed by atoms with Gasteiger partial charge < -0.3 is 4.74 Å². The smallest absolute Gasteiger partial charge is 0.153 e. The predicted octanol–water partition coefficient (Wildman–Crippen LogP) is 7.42. The number of benzene rings is 1. The van der Waals surface area contributed by atoms with Gasteiger partial charge in [-0.15, -0.1) is 0 Å². The molecule has 1 aliphatic rings. The van der Waals surface area contributed by atoms with Gasteiger partial charge in [-0.2, -0.15) is 0 Å². The summed E-state index contributed by atoms with van der Waals surface area (Å²) in [5.41, 5.74) is 1.75. The van der Waals surface area contributed by atoms with Crippen molar-refractivity contribution in [3.05, 3.63) is 34.6 Å². The molecule has 24 heavy (non-hydrogen) atoms. The van der Waals surface area contributed by atoms with Gasteiger partial charge >= 0.3 is 0 Å². The van der Waals surface area contributed by atoms with E-state index in [2.05, 4.69) is 19.9 Å². The summed E-state index contributed by atoms with van der Waals surface area (Å²) in [6.07, 6.45) is 12.6. The van der Waals surface area contributed by atoms with E-state index in [1.54, 1.807) is 0 Å². The molecular weight excluding hydrogens is 323 g/mol. The molecule has 3 heteroatoms.